The second kappa shape index (κ2) is 30.2. The second-order valence-electron chi connectivity index (χ2n) is 17.3. The number of nitrogens with one attached hydrogen (secondary N) is 3. The van der Waals surface area contributed by atoms with Crippen LogP contribution < -0.4 is 29.9 Å². The molecule has 79 heavy (non-hydrogen) atoms. The lowest BCUT2D eigenvalue weighted by Crippen LogP contribution is -2.55. The van der Waals surface area contributed by atoms with Crippen LogP contribution >= 0.6 is 0 Å². The summed E-state index contributed by atoms with van der Waals surface area (Å²) in [5.74, 6) is -5.87. The van der Waals surface area contributed by atoms with Gasteiger partial charge in [-0.2, -0.15) is 0 Å². The third-order valence-corrected chi connectivity index (χ3v) is 13.6. The van der Waals surface area contributed by atoms with Crippen LogP contribution in [0.3, 0.4) is 0 Å². The van der Waals surface area contributed by atoms with E-state index >= 15 is 0 Å². The molecule has 0 aliphatic carbocycles. The van der Waals surface area contributed by atoms with E-state index in [0.717, 1.165) is 4.90 Å². The number of benzene rings is 4. The fourth-order valence-electron chi connectivity index (χ4n) is 7.50. The Labute approximate surface area is 457 Å². The van der Waals surface area contributed by atoms with Crippen LogP contribution in [0.4, 0.5) is 22.7 Å². The summed E-state index contributed by atoms with van der Waals surface area (Å²) in [6.45, 7) is -2.45. The van der Waals surface area contributed by atoms with Crippen molar-refractivity contribution in [1.29, 1.82) is 0 Å². The monoisotopic (exact) mass is 1180 g/mol. The number of rotatable bonds is 30. The van der Waals surface area contributed by atoms with Gasteiger partial charge in [-0.1, -0.05) is 24.3 Å². The average molecular weight is 1180 g/mol. The van der Waals surface area contributed by atoms with Crippen molar-refractivity contribution in [2.45, 2.75) is 22.6 Å². The molecule has 2 unspecified atom stereocenters. The molecule has 1 aliphatic rings. The van der Waals surface area contributed by atoms with Crippen molar-refractivity contribution in [2.75, 3.05) is 98.2 Å². The molecule has 3 amide bonds. The SMILES string of the molecule is NS(=O)(=O)c1ccc(CC(=O)CN(CCN(CC(=O)O)CC(=O)Nc2ccc(NS(=O)[O-])cc2)CC(=O)O)cc1.NS(=O)(=O)c1ccc(CC(=O)CN(CCN2CC(=O)N(c3ccc(NS(=O)[O-])cc3)C(=O)C2)CC(=O)O)cc1. The Morgan fingerprint density at radius 2 is 0.886 bits per heavy atom. The van der Waals surface area contributed by atoms with Gasteiger partial charge in [0, 0.05) is 78.6 Å². The van der Waals surface area contributed by atoms with Crippen LogP contribution in [-0.4, -0.2) is 195 Å². The van der Waals surface area contributed by atoms with E-state index in [0.29, 0.717) is 16.8 Å². The zero-order chi connectivity index (χ0) is 58.6. The first-order valence-electron chi connectivity index (χ1n) is 22.9. The average Bonchev–Trinajstić information content (AvgIpc) is 3.34. The number of sulfonamides is 2. The highest BCUT2D eigenvalue weighted by molar-refractivity contribution is 7.89. The quantitative estimate of drug-likeness (QED) is 0.0206. The van der Waals surface area contributed by atoms with Crippen LogP contribution in [0.1, 0.15) is 11.1 Å². The number of carbonyl (C=O) groups excluding carboxylic acids is 5. The van der Waals surface area contributed by atoms with Gasteiger partial charge in [0.1, 0.15) is 0 Å². The van der Waals surface area contributed by atoms with E-state index in [2.05, 4.69) is 14.8 Å². The van der Waals surface area contributed by atoms with Crippen LogP contribution in [0.2, 0.25) is 0 Å². The minimum Gasteiger partial charge on any atom is -0.755 e. The van der Waals surface area contributed by atoms with Gasteiger partial charge in [0.25, 0.3) is 0 Å². The Balaban J connectivity index is 0.000000341. The highest BCUT2D eigenvalue weighted by Gasteiger charge is 2.32. The molecular formula is C46H54N10O19S4-2. The Kier molecular flexibility index (Phi) is 24.5. The van der Waals surface area contributed by atoms with Gasteiger partial charge >= 0.3 is 17.9 Å². The number of carboxylic acid groups (broad SMARTS) is 3. The zero-order valence-electron chi connectivity index (χ0n) is 41.5. The van der Waals surface area contributed by atoms with E-state index in [1.165, 1.54) is 112 Å². The van der Waals surface area contributed by atoms with E-state index in [-0.39, 0.29) is 110 Å². The number of nitrogens with zero attached hydrogens (tertiary/aromatic N) is 5. The number of imide groups is 1. The minimum absolute atomic E-state index is 0.0460. The number of carbonyl (C=O) groups is 8. The van der Waals surface area contributed by atoms with Gasteiger partial charge in [-0.15, -0.1) is 0 Å². The van der Waals surface area contributed by atoms with Gasteiger partial charge in [0.05, 0.1) is 67.8 Å². The van der Waals surface area contributed by atoms with E-state index in [9.17, 15) is 88.0 Å². The van der Waals surface area contributed by atoms with Crippen molar-refractivity contribution in [3.05, 3.63) is 108 Å². The van der Waals surface area contributed by atoms with Gasteiger partial charge in [0.2, 0.25) is 37.8 Å². The van der Waals surface area contributed by atoms with Crippen molar-refractivity contribution in [3.63, 3.8) is 0 Å². The summed E-state index contributed by atoms with van der Waals surface area (Å²) in [7, 11) is -7.76. The molecular weight excluding hydrogens is 1120 g/mol. The molecule has 0 aromatic heterocycles. The smallest absolute Gasteiger partial charge is 0.317 e. The number of aliphatic carboxylic acids is 3. The summed E-state index contributed by atoms with van der Waals surface area (Å²) in [5.41, 5.74) is 2.16. The number of anilines is 4. The van der Waals surface area contributed by atoms with Crippen molar-refractivity contribution < 1.29 is 88.0 Å². The number of carboxylic acids is 3. The van der Waals surface area contributed by atoms with Crippen molar-refractivity contribution in [1.82, 2.24) is 19.6 Å². The van der Waals surface area contributed by atoms with E-state index in [4.69, 9.17) is 10.3 Å². The number of hydrogen-bond acceptors (Lipinski definition) is 20. The fourth-order valence-corrected chi connectivity index (χ4v) is 9.19. The van der Waals surface area contributed by atoms with Gasteiger partial charge in [-0.3, -0.25) is 66.4 Å². The number of Topliss-reactive ketones (excluding diaryl/α,β-unsaturated/α-hetero) is 2. The summed E-state index contributed by atoms with van der Waals surface area (Å²) in [5, 5.41) is 40.4. The first-order chi connectivity index (χ1) is 37.0. The highest BCUT2D eigenvalue weighted by atomic mass is 32.2. The summed E-state index contributed by atoms with van der Waals surface area (Å²) in [6.07, 6.45) is -0.170. The zero-order valence-corrected chi connectivity index (χ0v) is 44.8. The molecule has 0 saturated carbocycles. The summed E-state index contributed by atoms with van der Waals surface area (Å²) < 4.78 is 92.6. The standard InChI is InChI=1S/C23H29N5O10S2.C23H27N5O9S2/c24-40(37,38)20-7-1-16(2-8-20)11-19(29)12-27(14-22(31)32)9-10-28(15-23(33)34)13-21(30)25-17-3-5-18(6-4-17)26-39(35)36;24-39(36,37)20-7-1-16(2-8-20)11-19(29)12-26(15-23(32)33)9-10-27-13-21(30)28(22(31)14-27)18-5-3-17(4-6-18)25-38(34)35/h1-8,26H,9-15H2,(H,25,30)(H,31,32)(H,33,34)(H,35,36)(H2,24,37,38);1-8,25H,9-15H2,(H,32,33)(H,34,35)(H2,24,36,37)/p-2. The summed E-state index contributed by atoms with van der Waals surface area (Å²) >= 11 is -5.03. The molecule has 1 fully saturated rings. The highest BCUT2D eigenvalue weighted by Crippen LogP contribution is 2.22. The molecule has 0 bridgehead atoms. The molecule has 10 N–H and O–H groups in total. The Morgan fingerprint density at radius 3 is 1.25 bits per heavy atom. The lowest BCUT2D eigenvalue weighted by molar-refractivity contribution is -0.141. The maximum absolute atomic E-state index is 12.7. The number of nitrogens with two attached hydrogens (primary N) is 2. The molecule has 5 rings (SSSR count). The molecule has 1 aliphatic heterocycles. The maximum atomic E-state index is 12.7. The number of amides is 3. The topological polar surface area (TPSA) is 450 Å². The van der Waals surface area contributed by atoms with Crippen LogP contribution in [0.5, 0.6) is 0 Å². The lowest BCUT2D eigenvalue weighted by atomic mass is 10.1. The Bertz CT molecular complexity index is 3100. The Hall–Kier alpha value is -7.28. The predicted molar refractivity (Wildman–Crippen MR) is 281 cm³/mol. The molecule has 4 aromatic rings. The molecule has 1 heterocycles. The van der Waals surface area contributed by atoms with Crippen molar-refractivity contribution in [3.8, 4) is 0 Å². The van der Waals surface area contributed by atoms with Crippen molar-refractivity contribution >= 4 is 113 Å². The second-order valence-corrected chi connectivity index (χ2v) is 21.8. The molecule has 428 valence electrons. The molecule has 29 nitrogen and oxygen atoms in total. The van der Waals surface area contributed by atoms with E-state index in [1.807, 2.05) is 0 Å². The number of ketones is 2. The first-order valence-corrected chi connectivity index (χ1v) is 28.2. The largest absolute Gasteiger partial charge is 0.755 e. The number of primary sulfonamides is 2. The maximum Gasteiger partial charge on any atom is 0.317 e. The van der Waals surface area contributed by atoms with Crippen LogP contribution in [0.15, 0.2) is 107 Å². The summed E-state index contributed by atoms with van der Waals surface area (Å²) in [6, 6.07) is 22.2. The molecule has 4 aromatic carbocycles. The number of hydrogen-bond donors (Lipinski definition) is 8. The normalized spacial score (nSPS) is 13.8. The number of piperazine rings is 1. The molecule has 0 radical (unpaired) electrons. The van der Waals surface area contributed by atoms with E-state index in [1.54, 1.807) is 4.90 Å². The lowest BCUT2D eigenvalue weighted by Gasteiger charge is -2.33. The van der Waals surface area contributed by atoms with Gasteiger partial charge in [-0.25, -0.2) is 32.0 Å². The Morgan fingerprint density at radius 1 is 0.532 bits per heavy atom. The minimum atomic E-state index is -3.89. The molecule has 2 atom stereocenters. The molecule has 0 spiro atoms. The van der Waals surface area contributed by atoms with Crippen LogP contribution in [0, 0.1) is 0 Å². The van der Waals surface area contributed by atoms with Crippen LogP contribution in [0.25, 0.3) is 0 Å². The van der Waals surface area contributed by atoms with Crippen molar-refractivity contribution in [2.24, 2.45) is 10.3 Å². The third kappa shape index (κ3) is 23.7. The summed E-state index contributed by atoms with van der Waals surface area (Å²) in [4.78, 5) is 103. The first kappa shape index (κ1) is 64.2. The van der Waals surface area contributed by atoms with Gasteiger partial charge < -0.3 is 39.2 Å². The third-order valence-electron chi connectivity index (χ3n) is 10.9. The fraction of sp³-hybridized carbons (Fsp3) is 0.304. The predicted octanol–water partition coefficient (Wildman–Crippen LogP) is -2.02. The molecule has 33 heteroatoms. The van der Waals surface area contributed by atoms with Gasteiger partial charge in [0.15, 0.2) is 11.6 Å². The van der Waals surface area contributed by atoms with E-state index < -0.39 is 97.8 Å². The van der Waals surface area contributed by atoms with Gasteiger partial charge in [-0.05, 0) is 83.9 Å². The van der Waals surface area contributed by atoms with Crippen LogP contribution in [-0.2, 0) is 93.8 Å². The molecule has 1 saturated heterocycles.